The van der Waals surface area contributed by atoms with E-state index in [-0.39, 0.29) is 9.73 Å². The van der Waals surface area contributed by atoms with Gasteiger partial charge in [-0.2, -0.15) is 16.8 Å². The summed E-state index contributed by atoms with van der Waals surface area (Å²) in [7, 11) is -4.87. The predicted octanol–water partition coefficient (Wildman–Crippen LogP) is 5.37. The minimum absolute atomic E-state index is 0.0962. The number of hydrogen-bond donors (Lipinski definition) is 0. The second-order valence-electron chi connectivity index (χ2n) is 7.06. The molecule has 0 aromatic rings. The van der Waals surface area contributed by atoms with E-state index in [0.29, 0.717) is 12.8 Å². The van der Waals surface area contributed by atoms with E-state index in [1.807, 2.05) is 6.92 Å². The fraction of sp³-hybridized carbons (Fsp3) is 0.900. The molecule has 0 aliphatic heterocycles. The molecule has 0 saturated heterocycles. The topological polar surface area (TPSA) is 68.3 Å². The minimum Gasteiger partial charge on any atom is -0.184 e. The molecule has 6 heteroatoms. The van der Waals surface area contributed by atoms with Gasteiger partial charge in [0.15, 0.2) is 0 Å². The Balaban J connectivity index is 4.09. The van der Waals surface area contributed by atoms with Gasteiger partial charge in [-0.3, -0.25) is 0 Å². The summed E-state index contributed by atoms with van der Waals surface area (Å²) in [6, 6.07) is 0. The maximum Gasteiger partial charge on any atom is 0.218 e. The van der Waals surface area contributed by atoms with E-state index < -0.39 is 20.6 Å². The molecule has 0 aliphatic carbocycles. The van der Waals surface area contributed by atoms with Crippen LogP contribution in [0.5, 0.6) is 0 Å². The lowest BCUT2D eigenvalue weighted by Gasteiger charge is -2.05. The quantitative estimate of drug-likeness (QED) is 0.240. The highest BCUT2D eigenvalue weighted by molar-refractivity contribution is 7.82. The molecule has 0 rings (SSSR count). The Kier molecular flexibility index (Phi) is 17.4. The first-order chi connectivity index (χ1) is 12.5. The molecule has 154 valence electrons. The Morgan fingerprint density at radius 3 is 1.08 bits per heavy atom. The van der Waals surface area contributed by atoms with Crippen molar-refractivity contribution in [3.63, 3.8) is 0 Å². The average Bonchev–Trinajstić information content (AvgIpc) is 2.60. The van der Waals surface area contributed by atoms with Gasteiger partial charge in [0.2, 0.25) is 20.6 Å². The third kappa shape index (κ3) is 13.6. The van der Waals surface area contributed by atoms with Crippen LogP contribution in [0.4, 0.5) is 0 Å². The first kappa shape index (κ1) is 25.4. The van der Waals surface area contributed by atoms with Crippen molar-refractivity contribution < 1.29 is 16.8 Å². The summed E-state index contributed by atoms with van der Waals surface area (Å²) in [5, 5.41) is 0. The van der Waals surface area contributed by atoms with Crippen molar-refractivity contribution in [3.8, 4) is 0 Å². The lowest BCUT2D eigenvalue weighted by Crippen LogP contribution is -2.16. The molecule has 0 saturated carbocycles. The van der Waals surface area contributed by atoms with E-state index in [0.717, 1.165) is 38.5 Å². The Labute approximate surface area is 163 Å². The number of hydrogen-bond acceptors (Lipinski definition) is 4. The number of rotatable bonds is 17. The van der Waals surface area contributed by atoms with Gasteiger partial charge in [0, 0.05) is 0 Å². The smallest absolute Gasteiger partial charge is 0.184 e. The molecule has 0 heterocycles. The van der Waals surface area contributed by atoms with E-state index in [4.69, 9.17) is 0 Å². The number of unbranched alkanes of at least 4 members (excludes halogenated alkanes) is 12. The summed E-state index contributed by atoms with van der Waals surface area (Å²) in [5.41, 5.74) is 0. The lowest BCUT2D eigenvalue weighted by atomic mass is 10.0. The van der Waals surface area contributed by atoms with Crippen LogP contribution in [0, 0.1) is 0 Å². The Hall–Kier alpha value is -0.620. The summed E-state index contributed by atoms with van der Waals surface area (Å²) in [6.07, 6.45) is 16.4. The van der Waals surface area contributed by atoms with Crippen molar-refractivity contribution in [3.05, 3.63) is 0 Å². The molecule has 0 fully saturated rings. The zero-order valence-electron chi connectivity index (χ0n) is 16.8. The Morgan fingerprint density at radius 1 is 0.462 bits per heavy atom. The van der Waals surface area contributed by atoms with E-state index in [1.165, 1.54) is 51.4 Å². The van der Waals surface area contributed by atoms with Gasteiger partial charge in [0.25, 0.3) is 0 Å². The van der Waals surface area contributed by atoms with Gasteiger partial charge in [0.1, 0.15) is 0 Å². The van der Waals surface area contributed by atoms with E-state index in [1.54, 1.807) is 0 Å². The van der Waals surface area contributed by atoms with Gasteiger partial charge in [-0.15, -0.1) is 0 Å². The molecule has 4 nitrogen and oxygen atoms in total. The van der Waals surface area contributed by atoms with Crippen molar-refractivity contribution in [1.29, 1.82) is 0 Å². The Morgan fingerprint density at radius 2 is 0.731 bits per heavy atom. The van der Waals surface area contributed by atoms with Crippen LogP contribution in [0.1, 0.15) is 117 Å². The normalized spacial score (nSPS) is 10.7. The van der Waals surface area contributed by atoms with Gasteiger partial charge >= 0.3 is 0 Å². The maximum absolute atomic E-state index is 11.5. The summed E-state index contributed by atoms with van der Waals surface area (Å²) < 4.78 is 45.7. The molecule has 0 spiro atoms. The van der Waals surface area contributed by atoms with Crippen LogP contribution in [0.3, 0.4) is 0 Å². The maximum atomic E-state index is 11.5. The zero-order chi connectivity index (χ0) is 19.6. The molecule has 0 aliphatic rings. The van der Waals surface area contributed by atoms with Crippen molar-refractivity contribution in [2.24, 2.45) is 0 Å². The summed E-state index contributed by atoms with van der Waals surface area (Å²) in [4.78, 5) is 0.198. The molecular weight excluding hydrogens is 368 g/mol. The van der Waals surface area contributed by atoms with Gasteiger partial charge in [-0.25, -0.2) is 0 Å². The molecule has 0 aromatic carbocycles. The fourth-order valence-electron chi connectivity index (χ4n) is 3.12. The third-order valence-corrected chi connectivity index (χ3v) is 6.56. The molecule has 0 amide bonds. The van der Waals surface area contributed by atoms with Crippen LogP contribution < -0.4 is 0 Å². The zero-order valence-corrected chi connectivity index (χ0v) is 18.4. The van der Waals surface area contributed by atoms with Gasteiger partial charge in [-0.05, 0) is 25.7 Å². The second-order valence-corrected chi connectivity index (χ2v) is 8.98. The molecule has 0 radical (unpaired) electrons. The Bertz CT molecular complexity index is 600. The summed E-state index contributed by atoms with van der Waals surface area (Å²) >= 11 is 0. The van der Waals surface area contributed by atoms with Crippen molar-refractivity contribution in [1.82, 2.24) is 0 Å². The highest BCUT2D eigenvalue weighted by Gasteiger charge is 2.12. The fourth-order valence-corrected chi connectivity index (χ4v) is 4.72. The van der Waals surface area contributed by atoms with E-state index >= 15 is 0 Å². The SMILES string of the molecule is CCCCCCCCCCCCCC(C(CCCCC)=S(=O)=O)=S(=O)=O. The van der Waals surface area contributed by atoms with Crippen LogP contribution >= 0.6 is 0 Å². The van der Waals surface area contributed by atoms with Gasteiger partial charge < -0.3 is 0 Å². The van der Waals surface area contributed by atoms with Crippen LogP contribution in [-0.4, -0.2) is 26.6 Å². The van der Waals surface area contributed by atoms with Crippen molar-refractivity contribution in [2.45, 2.75) is 117 Å². The molecular formula is C20H38O4S2. The van der Waals surface area contributed by atoms with Gasteiger partial charge in [-0.1, -0.05) is 90.9 Å². The highest BCUT2D eigenvalue weighted by Crippen LogP contribution is 2.13. The standard InChI is InChI=1S/C20H38O4S2/c1-3-5-7-8-9-10-11-12-13-14-16-18-20(26(23)24)19(25(21)22)17-15-6-4-2/h3-18H2,1-2H3. The van der Waals surface area contributed by atoms with Crippen LogP contribution in [-0.2, 0) is 20.6 Å². The second kappa shape index (κ2) is 17.8. The first-order valence-electron chi connectivity index (χ1n) is 10.4. The summed E-state index contributed by atoms with van der Waals surface area (Å²) in [5.74, 6) is 0. The van der Waals surface area contributed by atoms with E-state index in [2.05, 4.69) is 6.92 Å². The van der Waals surface area contributed by atoms with Crippen LogP contribution in [0.2, 0.25) is 0 Å². The lowest BCUT2D eigenvalue weighted by molar-refractivity contribution is 0.552. The predicted molar refractivity (Wildman–Crippen MR) is 113 cm³/mol. The van der Waals surface area contributed by atoms with E-state index in [9.17, 15) is 16.8 Å². The van der Waals surface area contributed by atoms with Crippen molar-refractivity contribution in [2.75, 3.05) is 0 Å². The molecule has 0 unspecified atom stereocenters. The monoisotopic (exact) mass is 406 g/mol. The first-order valence-corrected chi connectivity index (χ1v) is 12.6. The third-order valence-electron chi connectivity index (χ3n) is 4.73. The largest absolute Gasteiger partial charge is 0.218 e. The van der Waals surface area contributed by atoms with Crippen LogP contribution in [0.15, 0.2) is 0 Å². The molecule has 0 atom stereocenters. The minimum atomic E-state index is -2.44. The van der Waals surface area contributed by atoms with Gasteiger partial charge in [0.05, 0.1) is 9.73 Å². The van der Waals surface area contributed by atoms with Crippen molar-refractivity contribution >= 4 is 30.3 Å². The molecule has 0 N–H and O–H groups in total. The highest BCUT2D eigenvalue weighted by atomic mass is 32.2. The molecule has 0 aromatic heterocycles. The van der Waals surface area contributed by atoms with Crippen LogP contribution in [0.25, 0.3) is 0 Å². The summed E-state index contributed by atoms with van der Waals surface area (Å²) in [6.45, 7) is 4.27. The average molecular weight is 407 g/mol. The molecule has 0 bridgehead atoms. The molecule has 26 heavy (non-hydrogen) atoms.